The molecule has 0 aliphatic carbocycles. The highest BCUT2D eigenvalue weighted by atomic mass is 16.6. The van der Waals surface area contributed by atoms with E-state index in [2.05, 4.69) is 9.47 Å². The zero-order chi connectivity index (χ0) is 21.8. The fourth-order valence-electron chi connectivity index (χ4n) is 2.94. The summed E-state index contributed by atoms with van der Waals surface area (Å²) in [5.41, 5.74) is -0.819. The zero-order valence-electron chi connectivity index (χ0n) is 17.3. The third-order valence-electron chi connectivity index (χ3n) is 4.28. The number of rotatable bonds is 6. The number of ether oxygens (including phenoxy) is 3. The number of amides is 3. The standard InChI is InChI=1S/C18H28N2O8/c1-8-10(12(15(23)26-6)16(24)27-7)13(21)20-11(9-19(5)17(20)25)14(22)28-18(2,3)4/h10-12H,8-9H2,1-7H3/t10-,11+/m1/s1. The summed E-state index contributed by atoms with van der Waals surface area (Å²) < 4.78 is 14.6. The molecule has 1 fully saturated rings. The van der Waals surface area contributed by atoms with Gasteiger partial charge in [0.25, 0.3) is 0 Å². The lowest BCUT2D eigenvalue weighted by atomic mass is 9.88. The normalized spacial score (nSPS) is 18.1. The number of urea groups is 1. The first kappa shape index (κ1) is 23.4. The van der Waals surface area contributed by atoms with Gasteiger partial charge in [0.15, 0.2) is 12.0 Å². The van der Waals surface area contributed by atoms with Gasteiger partial charge in [0.1, 0.15) is 5.60 Å². The quantitative estimate of drug-likeness (QED) is 0.361. The van der Waals surface area contributed by atoms with Gasteiger partial charge in [0.05, 0.1) is 26.7 Å². The van der Waals surface area contributed by atoms with Crippen LogP contribution < -0.4 is 0 Å². The van der Waals surface area contributed by atoms with Crippen LogP contribution in [0.3, 0.4) is 0 Å². The molecule has 1 aliphatic heterocycles. The first-order valence-corrected chi connectivity index (χ1v) is 8.86. The Labute approximate surface area is 164 Å². The lowest BCUT2D eigenvalue weighted by molar-refractivity contribution is -0.167. The van der Waals surface area contributed by atoms with Crippen LogP contribution in [0, 0.1) is 11.8 Å². The van der Waals surface area contributed by atoms with E-state index in [1.165, 1.54) is 11.9 Å². The highest BCUT2D eigenvalue weighted by molar-refractivity contribution is 6.06. The van der Waals surface area contributed by atoms with Crippen LogP contribution >= 0.6 is 0 Å². The summed E-state index contributed by atoms with van der Waals surface area (Å²) >= 11 is 0. The van der Waals surface area contributed by atoms with Crippen LogP contribution in [0.2, 0.25) is 0 Å². The number of hydrogen-bond donors (Lipinski definition) is 0. The molecule has 0 radical (unpaired) electrons. The number of imide groups is 1. The Bertz CT molecular complexity index is 638. The molecular formula is C18H28N2O8. The Hall–Kier alpha value is -2.65. The Morgan fingerprint density at radius 2 is 1.61 bits per heavy atom. The Morgan fingerprint density at radius 1 is 1.11 bits per heavy atom. The molecule has 10 nitrogen and oxygen atoms in total. The molecule has 28 heavy (non-hydrogen) atoms. The average molecular weight is 400 g/mol. The fraction of sp³-hybridized carbons (Fsp3) is 0.722. The summed E-state index contributed by atoms with van der Waals surface area (Å²) in [6.07, 6.45) is 0.0439. The molecule has 1 rings (SSSR count). The number of hydrogen-bond acceptors (Lipinski definition) is 8. The highest BCUT2D eigenvalue weighted by Crippen LogP contribution is 2.27. The predicted molar refractivity (Wildman–Crippen MR) is 95.8 cm³/mol. The second-order valence-corrected chi connectivity index (χ2v) is 7.46. The Morgan fingerprint density at radius 3 is 2.00 bits per heavy atom. The molecule has 0 unspecified atom stereocenters. The Kier molecular flexibility index (Phi) is 7.54. The summed E-state index contributed by atoms with van der Waals surface area (Å²) in [6, 6.07) is -1.90. The van der Waals surface area contributed by atoms with Gasteiger partial charge in [0.2, 0.25) is 5.91 Å². The molecule has 0 aromatic rings. The Balaban J connectivity index is 3.27. The van der Waals surface area contributed by atoms with E-state index >= 15 is 0 Å². The van der Waals surface area contributed by atoms with Gasteiger partial charge >= 0.3 is 23.9 Å². The maximum absolute atomic E-state index is 13.2. The number of carbonyl (C=O) groups excluding carboxylic acids is 5. The van der Waals surface area contributed by atoms with Crippen LogP contribution in [0.5, 0.6) is 0 Å². The smallest absolute Gasteiger partial charge is 0.331 e. The minimum absolute atomic E-state index is 0.0439. The van der Waals surface area contributed by atoms with E-state index in [-0.39, 0.29) is 13.0 Å². The van der Waals surface area contributed by atoms with Crippen molar-refractivity contribution >= 4 is 29.8 Å². The summed E-state index contributed by atoms with van der Waals surface area (Å²) in [5, 5.41) is 0. The molecule has 1 aliphatic rings. The monoisotopic (exact) mass is 400 g/mol. The lowest BCUT2D eigenvalue weighted by Gasteiger charge is -2.29. The van der Waals surface area contributed by atoms with Gasteiger partial charge in [-0.3, -0.25) is 14.4 Å². The van der Waals surface area contributed by atoms with E-state index < -0.39 is 53.3 Å². The van der Waals surface area contributed by atoms with E-state index in [4.69, 9.17) is 4.74 Å². The number of carbonyl (C=O) groups is 5. The van der Waals surface area contributed by atoms with Gasteiger partial charge in [0, 0.05) is 7.05 Å². The second-order valence-electron chi connectivity index (χ2n) is 7.46. The van der Waals surface area contributed by atoms with Crippen molar-refractivity contribution in [3.05, 3.63) is 0 Å². The second kappa shape index (κ2) is 9.03. The molecule has 2 atom stereocenters. The molecule has 1 heterocycles. The summed E-state index contributed by atoms with van der Waals surface area (Å²) in [7, 11) is 3.59. The van der Waals surface area contributed by atoms with Crippen molar-refractivity contribution in [3.63, 3.8) is 0 Å². The fourth-order valence-corrected chi connectivity index (χ4v) is 2.94. The molecule has 158 valence electrons. The number of esters is 3. The van der Waals surface area contributed by atoms with Crippen molar-refractivity contribution in [1.29, 1.82) is 0 Å². The first-order valence-electron chi connectivity index (χ1n) is 8.86. The minimum Gasteiger partial charge on any atom is -0.468 e. The largest absolute Gasteiger partial charge is 0.468 e. The van der Waals surface area contributed by atoms with Gasteiger partial charge in [-0.2, -0.15) is 0 Å². The van der Waals surface area contributed by atoms with Crippen molar-refractivity contribution in [1.82, 2.24) is 9.80 Å². The molecule has 0 bridgehead atoms. The molecule has 1 saturated heterocycles. The molecule has 0 spiro atoms. The molecule has 0 aromatic carbocycles. The average Bonchev–Trinajstić information content (AvgIpc) is 2.91. The van der Waals surface area contributed by atoms with E-state index in [1.54, 1.807) is 27.7 Å². The van der Waals surface area contributed by atoms with Gasteiger partial charge in [-0.1, -0.05) is 6.92 Å². The van der Waals surface area contributed by atoms with Gasteiger partial charge in [-0.25, -0.2) is 14.5 Å². The van der Waals surface area contributed by atoms with E-state index in [0.717, 1.165) is 19.1 Å². The van der Waals surface area contributed by atoms with Crippen LogP contribution in [0.25, 0.3) is 0 Å². The highest BCUT2D eigenvalue weighted by Gasteiger charge is 2.50. The third kappa shape index (κ3) is 4.99. The van der Waals surface area contributed by atoms with Crippen molar-refractivity contribution < 1.29 is 38.2 Å². The molecule has 0 N–H and O–H groups in total. The number of likely N-dealkylation sites (N-methyl/N-ethyl adjacent to an activating group) is 1. The van der Waals surface area contributed by atoms with E-state index in [1.807, 2.05) is 0 Å². The number of nitrogens with zero attached hydrogens (tertiary/aromatic N) is 2. The van der Waals surface area contributed by atoms with Crippen LogP contribution in [0.15, 0.2) is 0 Å². The predicted octanol–water partition coefficient (Wildman–Crippen LogP) is 0.579. The van der Waals surface area contributed by atoms with Crippen LogP contribution in [0.1, 0.15) is 34.1 Å². The first-order chi connectivity index (χ1) is 12.9. The maximum Gasteiger partial charge on any atom is 0.331 e. The maximum atomic E-state index is 13.2. The molecule has 0 saturated carbocycles. The van der Waals surface area contributed by atoms with Crippen molar-refractivity contribution in [2.75, 3.05) is 27.8 Å². The van der Waals surface area contributed by atoms with Crippen molar-refractivity contribution in [3.8, 4) is 0 Å². The third-order valence-corrected chi connectivity index (χ3v) is 4.28. The van der Waals surface area contributed by atoms with E-state index in [0.29, 0.717) is 0 Å². The van der Waals surface area contributed by atoms with E-state index in [9.17, 15) is 24.0 Å². The van der Waals surface area contributed by atoms with Gasteiger partial charge in [-0.05, 0) is 27.2 Å². The van der Waals surface area contributed by atoms with Crippen molar-refractivity contribution in [2.45, 2.75) is 45.8 Å². The SMILES string of the molecule is CC[C@@H](C(=O)N1C(=O)N(C)C[C@H]1C(=O)OC(C)(C)C)C(C(=O)OC)C(=O)OC. The minimum atomic E-state index is -1.55. The van der Waals surface area contributed by atoms with Gasteiger partial charge in [-0.15, -0.1) is 0 Å². The number of methoxy groups -OCH3 is 2. The topological polar surface area (TPSA) is 120 Å². The van der Waals surface area contributed by atoms with Crippen molar-refractivity contribution in [2.24, 2.45) is 11.8 Å². The molecule has 10 heteroatoms. The molecule has 0 aromatic heterocycles. The summed E-state index contributed by atoms with van der Waals surface area (Å²) in [4.78, 5) is 64.4. The molecule has 3 amide bonds. The lowest BCUT2D eigenvalue weighted by Crippen LogP contribution is -2.51. The molecular weight excluding hydrogens is 372 g/mol. The van der Waals surface area contributed by atoms with Crippen LogP contribution in [0.4, 0.5) is 4.79 Å². The van der Waals surface area contributed by atoms with Crippen LogP contribution in [-0.4, -0.2) is 79.1 Å². The summed E-state index contributed by atoms with van der Waals surface area (Å²) in [5.74, 6) is -6.29. The summed E-state index contributed by atoms with van der Waals surface area (Å²) in [6.45, 7) is 6.51. The zero-order valence-corrected chi connectivity index (χ0v) is 17.3. The van der Waals surface area contributed by atoms with Crippen LogP contribution in [-0.2, 0) is 33.4 Å². The van der Waals surface area contributed by atoms with Gasteiger partial charge < -0.3 is 19.1 Å².